The van der Waals surface area contributed by atoms with Gasteiger partial charge in [-0.1, -0.05) is 30.3 Å². The van der Waals surface area contributed by atoms with Gasteiger partial charge in [-0.25, -0.2) is 0 Å². The SMILES string of the molecule is COc1cncc(-c2cc(OCc3ccccc3)ccc2C=O)c1. The van der Waals surface area contributed by atoms with E-state index in [2.05, 4.69) is 4.98 Å². The number of benzene rings is 2. The Labute approximate surface area is 140 Å². The standard InChI is InChI=1S/C20H17NO3/c1-23-19-9-17(11-21-12-19)20-10-18(8-7-16(20)13-22)24-14-15-5-3-2-4-6-15/h2-13H,14H2,1H3. The second-order valence-electron chi connectivity index (χ2n) is 5.25. The maximum atomic E-state index is 11.4. The van der Waals surface area contributed by atoms with Gasteiger partial charge in [0.25, 0.3) is 0 Å². The van der Waals surface area contributed by atoms with Crippen LogP contribution in [0, 0.1) is 0 Å². The van der Waals surface area contributed by atoms with Gasteiger partial charge in [-0.05, 0) is 35.4 Å². The number of nitrogens with zero attached hydrogens (tertiary/aromatic N) is 1. The van der Waals surface area contributed by atoms with E-state index in [0.29, 0.717) is 23.7 Å². The highest BCUT2D eigenvalue weighted by Crippen LogP contribution is 2.29. The van der Waals surface area contributed by atoms with Gasteiger partial charge >= 0.3 is 0 Å². The second kappa shape index (κ2) is 7.42. The molecule has 120 valence electrons. The molecule has 0 atom stereocenters. The van der Waals surface area contributed by atoms with Gasteiger partial charge < -0.3 is 9.47 Å². The predicted octanol–water partition coefficient (Wildman–Crippen LogP) is 4.15. The molecule has 4 heteroatoms. The lowest BCUT2D eigenvalue weighted by Gasteiger charge is -2.11. The van der Waals surface area contributed by atoms with Gasteiger partial charge in [0.05, 0.1) is 13.3 Å². The number of ether oxygens (including phenoxy) is 2. The smallest absolute Gasteiger partial charge is 0.150 e. The van der Waals surface area contributed by atoms with E-state index in [1.165, 1.54) is 0 Å². The fraction of sp³-hybridized carbons (Fsp3) is 0.100. The van der Waals surface area contributed by atoms with Gasteiger partial charge in [-0.15, -0.1) is 0 Å². The van der Waals surface area contributed by atoms with Crippen LogP contribution < -0.4 is 9.47 Å². The van der Waals surface area contributed by atoms with Crippen molar-refractivity contribution in [3.63, 3.8) is 0 Å². The van der Waals surface area contributed by atoms with Crippen LogP contribution in [0.25, 0.3) is 11.1 Å². The van der Waals surface area contributed by atoms with Crippen LogP contribution >= 0.6 is 0 Å². The molecule has 3 aromatic rings. The summed E-state index contributed by atoms with van der Waals surface area (Å²) in [6, 6.07) is 17.2. The van der Waals surface area contributed by atoms with E-state index in [1.807, 2.05) is 42.5 Å². The number of pyridine rings is 1. The lowest BCUT2D eigenvalue weighted by Crippen LogP contribution is -1.97. The van der Waals surface area contributed by atoms with Crippen LogP contribution in [0.5, 0.6) is 11.5 Å². The predicted molar refractivity (Wildman–Crippen MR) is 92.4 cm³/mol. The first kappa shape index (κ1) is 15.7. The molecule has 0 saturated carbocycles. The Morgan fingerprint density at radius 2 is 1.83 bits per heavy atom. The van der Waals surface area contributed by atoms with Gasteiger partial charge in [-0.3, -0.25) is 9.78 Å². The third-order valence-electron chi connectivity index (χ3n) is 3.66. The zero-order chi connectivity index (χ0) is 16.8. The summed E-state index contributed by atoms with van der Waals surface area (Å²) in [7, 11) is 1.58. The van der Waals surface area contributed by atoms with E-state index < -0.39 is 0 Å². The highest BCUT2D eigenvalue weighted by Gasteiger charge is 2.09. The number of carbonyl (C=O) groups excluding carboxylic acids is 1. The molecule has 3 rings (SSSR count). The van der Waals surface area contributed by atoms with Crippen LogP contribution in [-0.2, 0) is 6.61 Å². The molecule has 0 aliphatic rings. The third kappa shape index (κ3) is 3.60. The van der Waals surface area contributed by atoms with Gasteiger partial charge in [-0.2, -0.15) is 0 Å². The van der Waals surface area contributed by atoms with E-state index >= 15 is 0 Å². The number of hydrogen-bond donors (Lipinski definition) is 0. The van der Waals surface area contributed by atoms with Gasteiger partial charge in [0.2, 0.25) is 0 Å². The van der Waals surface area contributed by atoms with E-state index in [-0.39, 0.29) is 0 Å². The molecule has 1 aromatic heterocycles. The summed E-state index contributed by atoms with van der Waals surface area (Å²) in [5, 5.41) is 0. The van der Waals surface area contributed by atoms with Crippen LogP contribution in [0.4, 0.5) is 0 Å². The summed E-state index contributed by atoms with van der Waals surface area (Å²) in [5.41, 5.74) is 3.24. The van der Waals surface area contributed by atoms with Crippen LogP contribution in [0.3, 0.4) is 0 Å². The summed E-state index contributed by atoms with van der Waals surface area (Å²) in [6.07, 6.45) is 4.15. The minimum Gasteiger partial charge on any atom is -0.495 e. The molecule has 0 aliphatic carbocycles. The summed E-state index contributed by atoms with van der Waals surface area (Å²) < 4.78 is 11.0. The molecule has 0 saturated heterocycles. The Balaban J connectivity index is 1.89. The molecular formula is C20H17NO3. The zero-order valence-electron chi connectivity index (χ0n) is 13.3. The normalized spacial score (nSPS) is 10.2. The van der Waals surface area contributed by atoms with Crippen molar-refractivity contribution in [2.75, 3.05) is 7.11 Å². The van der Waals surface area contributed by atoms with Crippen LogP contribution in [0.1, 0.15) is 15.9 Å². The Morgan fingerprint density at radius 3 is 2.58 bits per heavy atom. The molecule has 1 heterocycles. The van der Waals surface area contributed by atoms with E-state index in [4.69, 9.17) is 9.47 Å². The Bertz CT molecular complexity index is 831. The number of aldehydes is 1. The minimum atomic E-state index is 0.469. The van der Waals surface area contributed by atoms with Gasteiger partial charge in [0.15, 0.2) is 6.29 Å². The van der Waals surface area contributed by atoms with Crippen LogP contribution in [0.2, 0.25) is 0 Å². The van der Waals surface area contributed by atoms with Crippen molar-refractivity contribution in [3.8, 4) is 22.6 Å². The van der Waals surface area contributed by atoms with Crippen LogP contribution in [0.15, 0.2) is 67.0 Å². The monoisotopic (exact) mass is 319 g/mol. The fourth-order valence-corrected chi connectivity index (χ4v) is 2.40. The third-order valence-corrected chi connectivity index (χ3v) is 3.66. The summed E-state index contributed by atoms with van der Waals surface area (Å²) in [4.78, 5) is 15.5. The van der Waals surface area contributed by atoms with E-state index in [1.54, 1.807) is 31.6 Å². The molecule has 0 radical (unpaired) electrons. The molecule has 24 heavy (non-hydrogen) atoms. The molecule has 2 aromatic carbocycles. The van der Waals surface area contributed by atoms with Crippen molar-refractivity contribution in [1.29, 1.82) is 0 Å². The maximum absolute atomic E-state index is 11.4. The van der Waals surface area contributed by atoms with Crippen molar-refractivity contribution in [3.05, 3.63) is 78.1 Å². The van der Waals surface area contributed by atoms with Crippen LogP contribution in [-0.4, -0.2) is 18.4 Å². The van der Waals surface area contributed by atoms with Crippen molar-refractivity contribution < 1.29 is 14.3 Å². The first-order valence-corrected chi connectivity index (χ1v) is 7.55. The average Bonchev–Trinajstić information content (AvgIpc) is 2.67. The Kier molecular flexibility index (Phi) is 4.87. The highest BCUT2D eigenvalue weighted by atomic mass is 16.5. The number of carbonyl (C=O) groups is 1. The molecular weight excluding hydrogens is 302 g/mol. The number of rotatable bonds is 6. The summed E-state index contributed by atoms with van der Waals surface area (Å²) in [5.74, 6) is 1.34. The topological polar surface area (TPSA) is 48.4 Å². The van der Waals surface area contributed by atoms with Crippen molar-refractivity contribution in [2.45, 2.75) is 6.61 Å². The van der Waals surface area contributed by atoms with E-state index in [9.17, 15) is 4.79 Å². The molecule has 0 spiro atoms. The first-order chi connectivity index (χ1) is 11.8. The molecule has 0 aliphatic heterocycles. The molecule has 0 N–H and O–H groups in total. The number of aromatic nitrogens is 1. The molecule has 0 unspecified atom stereocenters. The minimum absolute atomic E-state index is 0.469. The lowest BCUT2D eigenvalue weighted by molar-refractivity contribution is 0.112. The van der Waals surface area contributed by atoms with Crippen molar-refractivity contribution in [1.82, 2.24) is 4.98 Å². The fourth-order valence-electron chi connectivity index (χ4n) is 2.40. The van der Waals surface area contributed by atoms with E-state index in [0.717, 1.165) is 23.0 Å². The van der Waals surface area contributed by atoms with Gasteiger partial charge in [0.1, 0.15) is 18.1 Å². The zero-order valence-corrected chi connectivity index (χ0v) is 13.3. The Morgan fingerprint density at radius 1 is 1.00 bits per heavy atom. The molecule has 4 nitrogen and oxygen atoms in total. The molecule has 0 amide bonds. The summed E-state index contributed by atoms with van der Waals surface area (Å²) >= 11 is 0. The number of methoxy groups -OCH3 is 1. The molecule has 0 fully saturated rings. The maximum Gasteiger partial charge on any atom is 0.150 e. The summed E-state index contributed by atoms with van der Waals surface area (Å²) in [6.45, 7) is 0.469. The van der Waals surface area contributed by atoms with Crippen molar-refractivity contribution >= 4 is 6.29 Å². The lowest BCUT2D eigenvalue weighted by atomic mass is 10.0. The first-order valence-electron chi connectivity index (χ1n) is 7.55. The quantitative estimate of drug-likeness (QED) is 0.640. The van der Waals surface area contributed by atoms with Gasteiger partial charge in [0, 0.05) is 17.3 Å². The van der Waals surface area contributed by atoms with Crippen molar-refractivity contribution in [2.24, 2.45) is 0 Å². The molecule has 0 bridgehead atoms. The average molecular weight is 319 g/mol. The second-order valence-corrected chi connectivity index (χ2v) is 5.25. The highest BCUT2D eigenvalue weighted by molar-refractivity contribution is 5.88. The number of hydrogen-bond acceptors (Lipinski definition) is 4. The largest absolute Gasteiger partial charge is 0.495 e. The Hall–Kier alpha value is -3.14.